The summed E-state index contributed by atoms with van der Waals surface area (Å²) >= 11 is 0. The molecule has 1 fully saturated rings. The molecule has 3 aliphatic heterocycles. The fourth-order valence-electron chi connectivity index (χ4n) is 6.66. The van der Waals surface area contributed by atoms with Crippen LogP contribution in [-0.2, 0) is 6.54 Å². The first kappa shape index (κ1) is 26.6. The Bertz CT molecular complexity index is 1640. The number of hydrogen-bond acceptors (Lipinski definition) is 5. The van der Waals surface area contributed by atoms with Gasteiger partial charge in [0, 0.05) is 17.7 Å². The van der Waals surface area contributed by atoms with E-state index in [2.05, 4.69) is 29.4 Å². The first-order valence-corrected chi connectivity index (χ1v) is 14.5. The first-order chi connectivity index (χ1) is 20.4. The smallest absolute Gasteiger partial charge is 0.258 e. The summed E-state index contributed by atoms with van der Waals surface area (Å²) in [5.41, 5.74) is 3.07. The molecule has 4 aliphatic rings. The van der Waals surface area contributed by atoms with Crippen LogP contribution < -0.4 is 5.32 Å². The van der Waals surface area contributed by atoms with Crippen LogP contribution in [0.1, 0.15) is 51.8 Å². The number of likely N-dealkylation sites (tertiary alicyclic amines) is 1. The average molecular weight is 567 g/mol. The molecule has 0 aromatic heterocycles. The number of amidine groups is 1. The summed E-state index contributed by atoms with van der Waals surface area (Å²) in [5.74, 6) is -0.894. The molecule has 3 atom stereocenters. The monoisotopic (exact) mass is 566 g/mol. The number of benzene rings is 3. The minimum atomic E-state index is -0.926. The molecule has 214 valence electrons. The largest absolute Gasteiger partial charge is 0.508 e. The van der Waals surface area contributed by atoms with Gasteiger partial charge >= 0.3 is 0 Å². The van der Waals surface area contributed by atoms with Crippen molar-refractivity contribution in [2.24, 2.45) is 4.99 Å². The summed E-state index contributed by atoms with van der Waals surface area (Å²) in [6.07, 6.45) is 9.92. The molecule has 0 spiro atoms. The second-order valence-corrected chi connectivity index (χ2v) is 11.6. The second kappa shape index (κ2) is 10.5. The zero-order valence-corrected chi connectivity index (χ0v) is 23.3. The number of phenols is 1. The van der Waals surface area contributed by atoms with Gasteiger partial charge in [0.2, 0.25) is 0 Å². The lowest BCUT2D eigenvalue weighted by molar-refractivity contribution is 0.0741. The summed E-state index contributed by atoms with van der Waals surface area (Å²) in [6, 6.07) is 13.9. The lowest BCUT2D eigenvalue weighted by Gasteiger charge is -2.29. The van der Waals surface area contributed by atoms with E-state index in [0.717, 1.165) is 32.0 Å². The predicted octanol–water partition coefficient (Wildman–Crippen LogP) is 5.71. The molecule has 3 aromatic rings. The number of nitrogens with one attached hydrogen (secondary N) is 1. The van der Waals surface area contributed by atoms with Gasteiger partial charge in [0.15, 0.2) is 0 Å². The number of fused-ring (bicyclic) bond motifs is 2. The van der Waals surface area contributed by atoms with Crippen LogP contribution in [0.2, 0.25) is 0 Å². The number of piperidine rings is 1. The average Bonchev–Trinajstić information content (AvgIpc) is 3.57. The maximum Gasteiger partial charge on any atom is 0.258 e. The third-order valence-electron chi connectivity index (χ3n) is 9.02. The van der Waals surface area contributed by atoms with Crippen molar-refractivity contribution in [2.45, 2.75) is 43.4 Å². The van der Waals surface area contributed by atoms with Crippen molar-refractivity contribution in [3.05, 3.63) is 113 Å². The van der Waals surface area contributed by atoms with Crippen molar-refractivity contribution in [1.82, 2.24) is 15.1 Å². The second-order valence-electron chi connectivity index (χ2n) is 11.6. The number of allylic oxidation sites excluding steroid dienone is 2. The molecule has 3 unspecified atom stereocenters. The Morgan fingerprint density at radius 1 is 1.00 bits per heavy atom. The highest BCUT2D eigenvalue weighted by Crippen LogP contribution is 2.40. The number of rotatable bonds is 5. The minimum Gasteiger partial charge on any atom is -0.508 e. The van der Waals surface area contributed by atoms with Gasteiger partial charge in [-0.3, -0.25) is 9.79 Å². The summed E-state index contributed by atoms with van der Waals surface area (Å²) in [4.78, 5) is 22.5. The molecular weight excluding hydrogens is 534 g/mol. The zero-order valence-electron chi connectivity index (χ0n) is 23.3. The van der Waals surface area contributed by atoms with E-state index >= 15 is 4.39 Å². The van der Waals surface area contributed by atoms with Gasteiger partial charge in [-0.05, 0) is 73.8 Å². The fourth-order valence-corrected chi connectivity index (χ4v) is 6.66. The lowest BCUT2D eigenvalue weighted by atomic mass is 9.88. The third-order valence-corrected chi connectivity index (χ3v) is 9.02. The van der Waals surface area contributed by atoms with Crippen LogP contribution in [0.15, 0.2) is 83.9 Å². The van der Waals surface area contributed by atoms with E-state index in [1.807, 2.05) is 36.4 Å². The maximum atomic E-state index is 16.2. The standard InChI is InChI=1S/C34H32F2N4O2/c1-39-16-14-21(15-17-39)20-6-8-22(9-7-20)25-12-10-23-19-40(34(42)30(23)31(25)36)32(26-18-24(35)11-13-29(26)41)33-37-27-4-2-3-5-28(27)38-33/h2-13,18,21,27-28,32,41H,14-17,19H2,1H3,(H,37,38). The van der Waals surface area contributed by atoms with Crippen LogP contribution in [0.25, 0.3) is 11.1 Å². The Morgan fingerprint density at radius 3 is 2.52 bits per heavy atom. The molecule has 3 heterocycles. The normalized spacial score (nSPS) is 22.6. The molecule has 2 N–H and O–H groups in total. The van der Waals surface area contributed by atoms with E-state index in [1.54, 1.807) is 12.1 Å². The summed E-state index contributed by atoms with van der Waals surface area (Å²) < 4.78 is 30.6. The summed E-state index contributed by atoms with van der Waals surface area (Å²) in [6.45, 7) is 2.23. The molecule has 6 nitrogen and oxygen atoms in total. The molecule has 0 saturated carbocycles. The highest BCUT2D eigenvalue weighted by molar-refractivity contribution is 6.04. The van der Waals surface area contributed by atoms with E-state index in [0.29, 0.717) is 28.4 Å². The Kier molecular flexibility index (Phi) is 6.66. The van der Waals surface area contributed by atoms with Crippen molar-refractivity contribution < 1.29 is 18.7 Å². The number of hydrogen-bond donors (Lipinski definition) is 2. The van der Waals surface area contributed by atoms with Gasteiger partial charge in [-0.1, -0.05) is 60.7 Å². The Labute approximate surface area is 243 Å². The zero-order chi connectivity index (χ0) is 29.0. The van der Waals surface area contributed by atoms with Crippen LogP contribution in [0.5, 0.6) is 5.75 Å². The molecule has 0 radical (unpaired) electrons. The molecule has 1 amide bonds. The van der Waals surface area contributed by atoms with Crippen LogP contribution in [0.4, 0.5) is 8.78 Å². The van der Waals surface area contributed by atoms with Crippen molar-refractivity contribution in [1.29, 1.82) is 0 Å². The van der Waals surface area contributed by atoms with Gasteiger partial charge in [-0.15, -0.1) is 0 Å². The summed E-state index contributed by atoms with van der Waals surface area (Å²) in [7, 11) is 2.14. The van der Waals surface area contributed by atoms with Crippen molar-refractivity contribution >= 4 is 11.7 Å². The van der Waals surface area contributed by atoms with Crippen molar-refractivity contribution in [2.75, 3.05) is 20.1 Å². The van der Waals surface area contributed by atoms with Gasteiger partial charge < -0.3 is 20.2 Å². The van der Waals surface area contributed by atoms with Crippen LogP contribution in [-0.4, -0.2) is 58.9 Å². The van der Waals surface area contributed by atoms with Crippen molar-refractivity contribution in [3.63, 3.8) is 0 Å². The number of aromatic hydroxyl groups is 1. The van der Waals surface area contributed by atoms with Gasteiger partial charge in [0.05, 0.1) is 17.6 Å². The number of aliphatic imine (C=N–C) groups is 1. The topological polar surface area (TPSA) is 68.2 Å². The minimum absolute atomic E-state index is 0.00333. The molecule has 1 aliphatic carbocycles. The molecule has 42 heavy (non-hydrogen) atoms. The molecule has 3 aromatic carbocycles. The summed E-state index contributed by atoms with van der Waals surface area (Å²) in [5, 5.41) is 14.1. The molecule has 8 heteroatoms. The fraction of sp³-hybridized carbons (Fsp3) is 0.294. The number of nitrogens with zero attached hydrogens (tertiary/aromatic N) is 3. The van der Waals surface area contributed by atoms with Gasteiger partial charge in [0.25, 0.3) is 5.91 Å². The van der Waals surface area contributed by atoms with Gasteiger partial charge in [0.1, 0.15) is 29.3 Å². The van der Waals surface area contributed by atoms with Crippen molar-refractivity contribution in [3.8, 4) is 16.9 Å². The Balaban J connectivity index is 1.22. The number of amides is 1. The number of carbonyl (C=O) groups excluding carboxylic acids is 1. The quantitative estimate of drug-likeness (QED) is 0.415. The van der Waals surface area contributed by atoms with E-state index in [-0.39, 0.29) is 35.5 Å². The van der Waals surface area contributed by atoms with Crippen LogP contribution in [0.3, 0.4) is 0 Å². The molecule has 1 saturated heterocycles. The molecular formula is C34H32F2N4O2. The Hall–Kier alpha value is -4.30. The maximum absolute atomic E-state index is 16.2. The third kappa shape index (κ3) is 4.60. The number of carbonyl (C=O) groups is 1. The number of phenolic OH excluding ortho intramolecular Hbond substituents is 1. The van der Waals surface area contributed by atoms with E-state index in [1.165, 1.54) is 22.6 Å². The first-order valence-electron chi connectivity index (χ1n) is 14.5. The van der Waals surface area contributed by atoms with E-state index < -0.39 is 23.6 Å². The van der Waals surface area contributed by atoms with Crippen LogP contribution >= 0.6 is 0 Å². The molecule has 7 rings (SSSR count). The predicted molar refractivity (Wildman–Crippen MR) is 158 cm³/mol. The van der Waals surface area contributed by atoms with Gasteiger partial charge in [-0.25, -0.2) is 8.78 Å². The Morgan fingerprint density at radius 2 is 1.76 bits per heavy atom. The highest BCUT2D eigenvalue weighted by Gasteiger charge is 2.42. The van der Waals surface area contributed by atoms with Gasteiger partial charge in [-0.2, -0.15) is 0 Å². The number of halogens is 2. The van der Waals surface area contributed by atoms with E-state index in [4.69, 9.17) is 4.99 Å². The van der Waals surface area contributed by atoms with E-state index in [9.17, 15) is 14.3 Å². The highest BCUT2D eigenvalue weighted by atomic mass is 19.1. The SMILES string of the molecule is CN1CCC(c2ccc(-c3ccc4c(c3F)C(=O)N(C(C3=NC5C=CC=CC5N3)c3cc(F)ccc3O)C4)cc2)CC1. The molecule has 0 bridgehead atoms. The van der Waals surface area contributed by atoms with Crippen LogP contribution in [0, 0.1) is 11.6 Å². The lowest BCUT2D eigenvalue weighted by Crippen LogP contribution is -2.42.